The van der Waals surface area contributed by atoms with E-state index in [1.54, 1.807) is 0 Å². The molecule has 7 heteroatoms. The topological polar surface area (TPSA) is 80.5 Å². The highest BCUT2D eigenvalue weighted by Crippen LogP contribution is 2.30. The molecule has 2 heterocycles. The normalized spacial score (nSPS) is 15.7. The third-order valence-electron chi connectivity index (χ3n) is 7.87. The zero-order valence-electron chi connectivity index (χ0n) is 23.6. The number of rotatable bonds is 9. The fourth-order valence-corrected chi connectivity index (χ4v) is 5.71. The molecule has 0 saturated carbocycles. The van der Waals surface area contributed by atoms with E-state index >= 15 is 0 Å². The minimum Gasteiger partial charge on any atom is -0.371 e. The first-order valence-electron chi connectivity index (χ1n) is 14.1. The monoisotopic (exact) mass is 537 g/mol. The molecule has 4 aromatic rings. The molecule has 0 radical (unpaired) electrons. The second-order valence-electron chi connectivity index (χ2n) is 11.1. The van der Waals surface area contributed by atoms with E-state index in [2.05, 4.69) is 43.6 Å². The van der Waals surface area contributed by atoms with Crippen LogP contribution in [-0.4, -0.2) is 54.9 Å². The lowest BCUT2D eigenvalue weighted by Gasteiger charge is -2.34. The second-order valence-corrected chi connectivity index (χ2v) is 11.1. The van der Waals surface area contributed by atoms with Crippen LogP contribution in [0.2, 0.25) is 0 Å². The zero-order chi connectivity index (χ0) is 28.1. The molecule has 3 aromatic carbocycles. The van der Waals surface area contributed by atoms with Gasteiger partial charge in [0, 0.05) is 59.9 Å². The fraction of sp³-hybridized carbons (Fsp3) is 0.333. The Hall–Kier alpha value is -4.10. The lowest BCUT2D eigenvalue weighted by atomic mass is 9.90. The van der Waals surface area contributed by atoms with Crippen molar-refractivity contribution in [3.8, 4) is 0 Å². The van der Waals surface area contributed by atoms with Gasteiger partial charge in [-0.25, -0.2) is 0 Å². The molecule has 1 aromatic heterocycles. The number of nitrogens with zero attached hydrogens (tertiary/aromatic N) is 2. The molecule has 0 unspecified atom stereocenters. The first kappa shape index (κ1) is 27.5. The van der Waals surface area contributed by atoms with Gasteiger partial charge in [0.2, 0.25) is 11.8 Å². The van der Waals surface area contributed by atoms with E-state index in [4.69, 9.17) is 0 Å². The van der Waals surface area contributed by atoms with Crippen molar-refractivity contribution in [2.45, 2.75) is 38.3 Å². The van der Waals surface area contributed by atoms with Crippen molar-refractivity contribution < 1.29 is 9.59 Å². The Morgan fingerprint density at radius 2 is 1.70 bits per heavy atom. The van der Waals surface area contributed by atoms with Gasteiger partial charge >= 0.3 is 0 Å². The number of fused-ring (bicyclic) bond motifs is 1. The Labute approximate surface area is 236 Å². The van der Waals surface area contributed by atoms with Gasteiger partial charge in [0.15, 0.2) is 0 Å². The average Bonchev–Trinajstić information content (AvgIpc) is 3.40. The van der Waals surface area contributed by atoms with Gasteiger partial charge in [-0.05, 0) is 68.4 Å². The summed E-state index contributed by atoms with van der Waals surface area (Å²) in [7, 11) is 4.04. The van der Waals surface area contributed by atoms with Gasteiger partial charge in [0.05, 0.1) is 0 Å². The Morgan fingerprint density at radius 1 is 0.975 bits per heavy atom. The zero-order valence-corrected chi connectivity index (χ0v) is 23.6. The number of carbonyl (C=O) groups is 2. The van der Waals surface area contributed by atoms with E-state index in [-0.39, 0.29) is 23.7 Å². The summed E-state index contributed by atoms with van der Waals surface area (Å²) in [4.78, 5) is 35.2. The molecule has 208 valence electrons. The molecule has 1 saturated heterocycles. The SMILES string of the molecule is C[C@@H](c1c[nH]c2ccccc12)[C@@H](NC(=O)C1CCN(c2ccccc2)CC1)C(=O)Nc1cccc(CN(C)C)c1. The largest absolute Gasteiger partial charge is 0.371 e. The van der Waals surface area contributed by atoms with Crippen LogP contribution >= 0.6 is 0 Å². The van der Waals surface area contributed by atoms with E-state index in [0.717, 1.165) is 60.2 Å². The van der Waals surface area contributed by atoms with E-state index < -0.39 is 6.04 Å². The van der Waals surface area contributed by atoms with Gasteiger partial charge in [-0.2, -0.15) is 0 Å². The summed E-state index contributed by atoms with van der Waals surface area (Å²) in [5.41, 5.74) is 5.04. The molecule has 0 bridgehead atoms. The Balaban J connectivity index is 1.34. The van der Waals surface area contributed by atoms with Gasteiger partial charge in [-0.1, -0.05) is 55.5 Å². The van der Waals surface area contributed by atoms with Crippen LogP contribution in [0.1, 0.15) is 36.8 Å². The number of anilines is 2. The molecule has 0 aliphatic carbocycles. The standard InChI is InChI=1S/C33H39N5O2/c1-23(29-21-34-30-15-8-7-14-28(29)30)31(33(40)35-26-11-9-10-24(20-26)22-37(2)3)36-32(39)25-16-18-38(19-17-25)27-12-5-4-6-13-27/h4-15,20-21,23,25,31,34H,16-19,22H2,1-3H3,(H,35,40)(H,36,39)/t23-,31+/m0/s1. The number of benzene rings is 3. The van der Waals surface area contributed by atoms with E-state index in [1.165, 1.54) is 5.69 Å². The number of carbonyl (C=O) groups excluding carboxylic acids is 2. The predicted octanol–water partition coefficient (Wildman–Crippen LogP) is 5.37. The van der Waals surface area contributed by atoms with Crippen molar-refractivity contribution >= 4 is 34.1 Å². The number of aromatic nitrogens is 1. The van der Waals surface area contributed by atoms with Crippen LogP contribution in [0.4, 0.5) is 11.4 Å². The van der Waals surface area contributed by atoms with Crippen LogP contribution in [0.5, 0.6) is 0 Å². The Morgan fingerprint density at radius 3 is 2.45 bits per heavy atom. The molecule has 1 fully saturated rings. The number of piperidine rings is 1. The van der Waals surface area contributed by atoms with E-state index in [9.17, 15) is 9.59 Å². The van der Waals surface area contributed by atoms with Crippen molar-refractivity contribution in [3.05, 3.63) is 96.2 Å². The second kappa shape index (κ2) is 12.4. The lowest BCUT2D eigenvalue weighted by molar-refractivity contribution is -0.130. The minimum absolute atomic E-state index is 0.0547. The third-order valence-corrected chi connectivity index (χ3v) is 7.87. The van der Waals surface area contributed by atoms with Gasteiger partial charge in [-0.3, -0.25) is 9.59 Å². The van der Waals surface area contributed by atoms with E-state index in [0.29, 0.717) is 0 Å². The summed E-state index contributed by atoms with van der Waals surface area (Å²) in [6.45, 7) is 4.42. The van der Waals surface area contributed by atoms with Crippen molar-refractivity contribution in [2.24, 2.45) is 5.92 Å². The maximum atomic E-state index is 13.8. The summed E-state index contributed by atoms with van der Waals surface area (Å²) >= 11 is 0. The molecular formula is C33H39N5O2. The smallest absolute Gasteiger partial charge is 0.247 e. The summed E-state index contributed by atoms with van der Waals surface area (Å²) in [6, 6.07) is 25.5. The summed E-state index contributed by atoms with van der Waals surface area (Å²) in [5, 5.41) is 7.32. The number of aromatic amines is 1. The molecule has 3 N–H and O–H groups in total. The van der Waals surface area contributed by atoms with Gasteiger partial charge in [-0.15, -0.1) is 0 Å². The highest BCUT2D eigenvalue weighted by Gasteiger charge is 2.33. The quantitative estimate of drug-likeness (QED) is 0.268. The molecular weight excluding hydrogens is 498 g/mol. The molecule has 7 nitrogen and oxygen atoms in total. The first-order chi connectivity index (χ1) is 19.4. The molecule has 1 aliphatic rings. The highest BCUT2D eigenvalue weighted by atomic mass is 16.2. The van der Waals surface area contributed by atoms with Crippen LogP contribution in [0, 0.1) is 5.92 Å². The van der Waals surface area contributed by atoms with Crippen molar-refractivity contribution in [3.63, 3.8) is 0 Å². The summed E-state index contributed by atoms with van der Waals surface area (Å²) in [5.74, 6) is -0.640. The number of hydrogen-bond donors (Lipinski definition) is 3. The average molecular weight is 538 g/mol. The predicted molar refractivity (Wildman–Crippen MR) is 162 cm³/mol. The number of hydrogen-bond acceptors (Lipinski definition) is 4. The maximum Gasteiger partial charge on any atom is 0.247 e. The van der Waals surface area contributed by atoms with Gasteiger partial charge in [0.1, 0.15) is 6.04 Å². The molecule has 5 rings (SSSR count). The van der Waals surface area contributed by atoms with Crippen LogP contribution in [0.3, 0.4) is 0 Å². The van der Waals surface area contributed by atoms with Crippen LogP contribution in [0.15, 0.2) is 85.1 Å². The lowest BCUT2D eigenvalue weighted by Crippen LogP contribution is -2.50. The molecule has 2 atom stereocenters. The minimum atomic E-state index is -0.726. The molecule has 40 heavy (non-hydrogen) atoms. The number of nitrogens with one attached hydrogen (secondary N) is 3. The highest BCUT2D eigenvalue weighted by molar-refractivity contribution is 5.99. The molecule has 0 spiro atoms. The number of para-hydroxylation sites is 2. The van der Waals surface area contributed by atoms with Crippen LogP contribution < -0.4 is 15.5 Å². The Kier molecular flexibility index (Phi) is 8.51. The van der Waals surface area contributed by atoms with Crippen molar-refractivity contribution in [2.75, 3.05) is 37.4 Å². The van der Waals surface area contributed by atoms with E-state index in [1.807, 2.05) is 87.9 Å². The first-order valence-corrected chi connectivity index (χ1v) is 14.1. The third kappa shape index (κ3) is 6.37. The van der Waals surface area contributed by atoms with Crippen molar-refractivity contribution in [1.29, 1.82) is 0 Å². The van der Waals surface area contributed by atoms with Crippen LogP contribution in [-0.2, 0) is 16.1 Å². The number of amides is 2. The van der Waals surface area contributed by atoms with Crippen molar-refractivity contribution in [1.82, 2.24) is 15.2 Å². The molecule has 1 aliphatic heterocycles. The fourth-order valence-electron chi connectivity index (χ4n) is 5.71. The van der Waals surface area contributed by atoms with Crippen LogP contribution in [0.25, 0.3) is 10.9 Å². The van der Waals surface area contributed by atoms with Gasteiger partial charge < -0.3 is 25.4 Å². The van der Waals surface area contributed by atoms with Gasteiger partial charge in [0.25, 0.3) is 0 Å². The summed E-state index contributed by atoms with van der Waals surface area (Å²) < 4.78 is 0. The Bertz CT molecular complexity index is 1440. The maximum absolute atomic E-state index is 13.8. The molecule has 2 amide bonds. The summed E-state index contributed by atoms with van der Waals surface area (Å²) in [6.07, 6.45) is 3.46. The number of H-pyrrole nitrogens is 1.